The molecule has 0 saturated heterocycles. The summed E-state index contributed by atoms with van der Waals surface area (Å²) >= 11 is 0. The van der Waals surface area contributed by atoms with Gasteiger partial charge in [-0.1, -0.05) is 12.1 Å². The Kier molecular flexibility index (Phi) is 7.59. The number of alkyl halides is 3. The number of nitrogens with zero attached hydrogens (tertiary/aromatic N) is 1. The zero-order valence-electron chi connectivity index (χ0n) is 15.8. The Morgan fingerprint density at radius 3 is 2.55 bits per heavy atom. The van der Waals surface area contributed by atoms with Gasteiger partial charge in [0.1, 0.15) is 5.82 Å². The van der Waals surface area contributed by atoms with Crippen LogP contribution >= 0.6 is 0 Å². The number of carbonyl (C=O) groups excluding carboxylic acids is 1. The van der Waals surface area contributed by atoms with Crippen LogP contribution in [-0.4, -0.2) is 12.6 Å². The van der Waals surface area contributed by atoms with E-state index in [2.05, 4.69) is 5.32 Å². The summed E-state index contributed by atoms with van der Waals surface area (Å²) in [5, 5.41) is 12.0. The Hall–Kier alpha value is -3.08. The standard InChI is InChI=1S/C21H20F4N2O2/c1-2-29-20(28)5-3-4-15-7-6-14(12-26)10-19(15)27-13-16-8-9-17(22)11-18(16)21(23,24)25/h6-11,27H,2-5,13H2,1H3. The Morgan fingerprint density at radius 2 is 1.90 bits per heavy atom. The molecule has 0 aliphatic rings. The van der Waals surface area contributed by atoms with E-state index >= 15 is 0 Å². The predicted molar refractivity (Wildman–Crippen MR) is 99.5 cm³/mol. The van der Waals surface area contributed by atoms with E-state index in [0.717, 1.165) is 17.7 Å². The molecular formula is C21H20F4N2O2. The first kappa shape index (κ1) is 22.2. The molecule has 0 aliphatic carbocycles. The number of carbonyl (C=O) groups is 1. The van der Waals surface area contributed by atoms with Crippen molar-refractivity contribution in [2.45, 2.75) is 38.9 Å². The van der Waals surface area contributed by atoms with Crippen LogP contribution in [0.4, 0.5) is 23.2 Å². The normalized spacial score (nSPS) is 11.0. The Balaban J connectivity index is 2.18. The summed E-state index contributed by atoms with van der Waals surface area (Å²) in [5.41, 5.74) is 0.426. The third-order valence-corrected chi connectivity index (χ3v) is 4.22. The quantitative estimate of drug-likeness (QED) is 0.481. The fourth-order valence-corrected chi connectivity index (χ4v) is 2.84. The van der Waals surface area contributed by atoms with Crippen LogP contribution in [0, 0.1) is 17.1 Å². The summed E-state index contributed by atoms with van der Waals surface area (Å²) in [4.78, 5) is 11.5. The van der Waals surface area contributed by atoms with Gasteiger partial charge in [-0.05, 0) is 55.2 Å². The molecular weight excluding hydrogens is 388 g/mol. The highest BCUT2D eigenvalue weighted by Crippen LogP contribution is 2.33. The molecule has 0 aromatic heterocycles. The van der Waals surface area contributed by atoms with Crippen LogP contribution < -0.4 is 5.32 Å². The van der Waals surface area contributed by atoms with Crippen molar-refractivity contribution in [2.75, 3.05) is 11.9 Å². The lowest BCUT2D eigenvalue weighted by Gasteiger charge is -2.16. The Bertz CT molecular complexity index is 905. The first-order valence-corrected chi connectivity index (χ1v) is 9.02. The first-order chi connectivity index (χ1) is 13.7. The van der Waals surface area contributed by atoms with Crippen LogP contribution in [0.1, 0.15) is 42.0 Å². The molecule has 0 bridgehead atoms. The van der Waals surface area contributed by atoms with E-state index in [1.807, 2.05) is 6.07 Å². The lowest BCUT2D eigenvalue weighted by Crippen LogP contribution is -2.13. The summed E-state index contributed by atoms with van der Waals surface area (Å²) in [6.07, 6.45) is -3.51. The monoisotopic (exact) mass is 408 g/mol. The number of nitrogens with one attached hydrogen (secondary N) is 1. The number of ether oxygens (including phenoxy) is 1. The number of halogens is 4. The number of hydrogen-bond acceptors (Lipinski definition) is 4. The summed E-state index contributed by atoms with van der Waals surface area (Å²) < 4.78 is 57.7. The van der Waals surface area contributed by atoms with Gasteiger partial charge in [-0.2, -0.15) is 18.4 Å². The van der Waals surface area contributed by atoms with Gasteiger partial charge in [0.15, 0.2) is 0 Å². The van der Waals surface area contributed by atoms with Crippen molar-refractivity contribution in [2.24, 2.45) is 0 Å². The molecule has 2 aromatic rings. The van der Waals surface area contributed by atoms with Crippen molar-refractivity contribution < 1.29 is 27.1 Å². The maximum Gasteiger partial charge on any atom is 0.416 e. The van der Waals surface area contributed by atoms with Crippen molar-refractivity contribution in [1.82, 2.24) is 0 Å². The molecule has 0 unspecified atom stereocenters. The smallest absolute Gasteiger partial charge is 0.416 e. The zero-order chi connectivity index (χ0) is 21.4. The van der Waals surface area contributed by atoms with Crippen molar-refractivity contribution in [3.63, 3.8) is 0 Å². The second-order valence-corrected chi connectivity index (χ2v) is 6.30. The number of hydrogen-bond donors (Lipinski definition) is 1. The molecule has 0 saturated carbocycles. The van der Waals surface area contributed by atoms with Crippen molar-refractivity contribution in [3.05, 3.63) is 64.5 Å². The Labute approximate surface area is 166 Å². The molecule has 0 radical (unpaired) electrons. The van der Waals surface area contributed by atoms with Crippen LogP contribution in [0.5, 0.6) is 0 Å². The number of rotatable bonds is 8. The van der Waals surface area contributed by atoms with E-state index in [9.17, 15) is 22.4 Å². The third-order valence-electron chi connectivity index (χ3n) is 4.22. The van der Waals surface area contributed by atoms with Gasteiger partial charge >= 0.3 is 12.1 Å². The molecule has 0 atom stereocenters. The van der Waals surface area contributed by atoms with Crippen LogP contribution in [-0.2, 0) is 28.7 Å². The van der Waals surface area contributed by atoms with E-state index in [4.69, 9.17) is 10.00 Å². The number of aryl methyl sites for hydroxylation is 1. The lowest BCUT2D eigenvalue weighted by atomic mass is 10.0. The van der Waals surface area contributed by atoms with E-state index in [0.29, 0.717) is 36.8 Å². The summed E-state index contributed by atoms with van der Waals surface area (Å²) in [6, 6.07) is 9.33. The predicted octanol–water partition coefficient (Wildman–Crippen LogP) is 5.21. The van der Waals surface area contributed by atoms with Crippen LogP contribution in [0.2, 0.25) is 0 Å². The maximum atomic E-state index is 13.3. The molecule has 0 fully saturated rings. The van der Waals surface area contributed by atoms with Gasteiger partial charge in [-0.3, -0.25) is 4.79 Å². The molecule has 2 aromatic carbocycles. The average molecular weight is 408 g/mol. The number of anilines is 1. The second kappa shape index (κ2) is 9.92. The van der Waals surface area contributed by atoms with E-state index in [1.54, 1.807) is 19.1 Å². The molecule has 154 valence electrons. The number of esters is 1. The second-order valence-electron chi connectivity index (χ2n) is 6.30. The van der Waals surface area contributed by atoms with E-state index in [1.165, 1.54) is 6.07 Å². The zero-order valence-corrected chi connectivity index (χ0v) is 15.8. The Morgan fingerprint density at radius 1 is 1.17 bits per heavy atom. The highest BCUT2D eigenvalue weighted by atomic mass is 19.4. The third kappa shape index (κ3) is 6.49. The largest absolute Gasteiger partial charge is 0.466 e. The number of nitriles is 1. The van der Waals surface area contributed by atoms with Gasteiger partial charge in [-0.15, -0.1) is 0 Å². The SMILES string of the molecule is CCOC(=O)CCCc1ccc(C#N)cc1NCc1ccc(F)cc1C(F)(F)F. The van der Waals surface area contributed by atoms with Gasteiger partial charge < -0.3 is 10.1 Å². The molecule has 0 aliphatic heterocycles. The van der Waals surface area contributed by atoms with Crippen LogP contribution in [0.15, 0.2) is 36.4 Å². The molecule has 0 heterocycles. The maximum absolute atomic E-state index is 13.3. The molecule has 0 amide bonds. The van der Waals surface area contributed by atoms with Gasteiger partial charge in [0.05, 0.1) is 23.8 Å². The average Bonchev–Trinajstić information content (AvgIpc) is 2.67. The highest BCUT2D eigenvalue weighted by Gasteiger charge is 2.33. The fourth-order valence-electron chi connectivity index (χ4n) is 2.84. The summed E-state index contributed by atoms with van der Waals surface area (Å²) in [5.74, 6) is -1.29. The van der Waals surface area contributed by atoms with Gasteiger partial charge in [0.25, 0.3) is 0 Å². The first-order valence-electron chi connectivity index (χ1n) is 9.02. The van der Waals surface area contributed by atoms with Crippen LogP contribution in [0.25, 0.3) is 0 Å². The van der Waals surface area contributed by atoms with E-state index < -0.39 is 17.6 Å². The van der Waals surface area contributed by atoms with Crippen LogP contribution in [0.3, 0.4) is 0 Å². The minimum atomic E-state index is -4.68. The minimum absolute atomic E-state index is 0.112. The van der Waals surface area contributed by atoms with Gasteiger partial charge in [-0.25, -0.2) is 4.39 Å². The minimum Gasteiger partial charge on any atom is -0.466 e. The van der Waals surface area contributed by atoms with Crippen molar-refractivity contribution in [1.29, 1.82) is 5.26 Å². The topological polar surface area (TPSA) is 62.1 Å². The van der Waals surface area contributed by atoms with Crippen molar-refractivity contribution >= 4 is 11.7 Å². The molecule has 29 heavy (non-hydrogen) atoms. The van der Waals surface area contributed by atoms with E-state index in [-0.39, 0.29) is 24.5 Å². The van der Waals surface area contributed by atoms with Crippen molar-refractivity contribution in [3.8, 4) is 6.07 Å². The molecule has 4 nitrogen and oxygen atoms in total. The van der Waals surface area contributed by atoms with Gasteiger partial charge in [0, 0.05) is 18.7 Å². The molecule has 0 spiro atoms. The number of benzene rings is 2. The summed E-state index contributed by atoms with van der Waals surface area (Å²) in [7, 11) is 0. The highest BCUT2D eigenvalue weighted by molar-refractivity contribution is 5.69. The van der Waals surface area contributed by atoms with Gasteiger partial charge in [0.2, 0.25) is 0 Å². The molecule has 2 rings (SSSR count). The summed E-state index contributed by atoms with van der Waals surface area (Å²) in [6.45, 7) is 1.81. The molecule has 8 heteroatoms. The fraction of sp³-hybridized carbons (Fsp3) is 0.333. The lowest BCUT2D eigenvalue weighted by molar-refractivity contribution is -0.143. The molecule has 1 N–H and O–H groups in total.